The second kappa shape index (κ2) is 43.6. The number of furan rings is 1. The molecule has 0 N–H and O–H groups in total. The summed E-state index contributed by atoms with van der Waals surface area (Å²) >= 11 is 0. The van der Waals surface area contributed by atoms with Gasteiger partial charge in [-0.05, 0) is 190 Å². The zero-order valence-corrected chi connectivity index (χ0v) is 68.1. The highest BCUT2D eigenvalue weighted by Crippen LogP contribution is 2.42. The molecule has 4 atom stereocenters. The molecule has 0 radical (unpaired) electrons. The van der Waals surface area contributed by atoms with Crippen LogP contribution in [0.4, 0.5) is 39.0 Å². The lowest BCUT2D eigenvalue weighted by molar-refractivity contribution is -0.137. The van der Waals surface area contributed by atoms with Gasteiger partial charge >= 0.3 is 23.9 Å². The smallest absolute Gasteiger partial charge is 0.416 e. The molecule has 2 aromatic heterocycles. The molecule has 0 aliphatic heterocycles. The van der Waals surface area contributed by atoms with Crippen molar-refractivity contribution in [2.24, 2.45) is 23.7 Å². The second-order valence-corrected chi connectivity index (χ2v) is 30.7. The molecule has 4 aliphatic rings. The van der Waals surface area contributed by atoms with Gasteiger partial charge in [-0.25, -0.2) is 13.5 Å². The summed E-state index contributed by atoms with van der Waals surface area (Å²) in [7, 11) is 3.16. The molecule has 2 heterocycles. The minimum absolute atomic E-state index is 0.00540. The van der Waals surface area contributed by atoms with Crippen LogP contribution < -0.4 is 24.2 Å². The van der Waals surface area contributed by atoms with Gasteiger partial charge in [-0.1, -0.05) is 182 Å². The molecule has 13 rings (SSSR count). The Hall–Kier alpha value is -13.1. The Morgan fingerprint density at radius 2 is 0.934 bits per heavy atom. The van der Waals surface area contributed by atoms with Gasteiger partial charge in [0.2, 0.25) is 0 Å². The van der Waals surface area contributed by atoms with Crippen molar-refractivity contribution in [1.82, 2.24) is 25.1 Å². The molecule has 4 unspecified atom stereocenters. The van der Waals surface area contributed by atoms with E-state index >= 15 is 0 Å². The Morgan fingerprint density at radius 3 is 1.37 bits per heavy atom. The molecule has 121 heavy (non-hydrogen) atoms. The van der Waals surface area contributed by atoms with E-state index < -0.39 is 71.2 Å². The molecule has 626 valence electrons. The number of hydrogen-bond acceptors (Lipinski definition) is 14. The van der Waals surface area contributed by atoms with E-state index in [9.17, 15) is 60.3 Å². The fourth-order valence-corrected chi connectivity index (χ4v) is 16.6. The van der Waals surface area contributed by atoms with E-state index in [0.29, 0.717) is 65.3 Å². The molecular weight excluding hydrogens is 1550 g/mol. The molecule has 0 bridgehead atoms. The first-order valence-electron chi connectivity index (χ1n) is 40.5. The summed E-state index contributed by atoms with van der Waals surface area (Å²) in [5, 5.41) is 11.3. The fourth-order valence-electron chi connectivity index (χ4n) is 16.6. The Balaban J connectivity index is 0.000000170. The number of alkyl halides is 3. The van der Waals surface area contributed by atoms with Crippen molar-refractivity contribution in [3.05, 3.63) is 245 Å². The third-order valence-corrected chi connectivity index (χ3v) is 22.5. The SMILES string of the molecule is C#CC(=O)N(Cc1ccco1)C(C(=O)CC1CCCC1)c1ccccc1F.C#CC(=O)N(c1cc(C)cc(OC)c1)C(C(=O)CC1CCCC1)c1ccc(OC)cc1.C#CC(=O)N(c1ccc(-n2cnnn2)c(C)c1)C(C(=O)CC1CCCC1)c1ccccc1.C#CC(=O)N(c1cccc(C(F)(F)F)c1)C(C(=O)CC1CCCC1)c1ccc(F)cc1. The first-order chi connectivity index (χ1) is 58.3. The van der Waals surface area contributed by atoms with Crippen LogP contribution in [0.3, 0.4) is 0 Å². The van der Waals surface area contributed by atoms with Crippen LogP contribution in [0.2, 0.25) is 0 Å². The summed E-state index contributed by atoms with van der Waals surface area (Å²) in [6.45, 7) is 3.82. The van der Waals surface area contributed by atoms with Crippen LogP contribution in [0.1, 0.15) is 197 Å². The van der Waals surface area contributed by atoms with Crippen molar-refractivity contribution in [1.29, 1.82) is 0 Å². The van der Waals surface area contributed by atoms with Gasteiger partial charge in [0.1, 0.15) is 59.4 Å². The van der Waals surface area contributed by atoms with Crippen molar-refractivity contribution < 1.29 is 74.2 Å². The molecule has 0 spiro atoms. The van der Waals surface area contributed by atoms with E-state index in [1.54, 1.807) is 67.4 Å². The molecule has 4 amide bonds. The number of anilines is 3. The van der Waals surface area contributed by atoms with Crippen LogP contribution in [-0.2, 0) is 51.1 Å². The Kier molecular flexibility index (Phi) is 32.5. The molecule has 4 aliphatic carbocycles. The maximum absolute atomic E-state index is 14.6. The number of ether oxygens (including phenoxy) is 2. The number of benzene rings is 7. The van der Waals surface area contributed by atoms with E-state index in [2.05, 4.69) is 33.3 Å². The topological polar surface area (TPSA) is 225 Å². The standard InChI is InChI=1S/C26H29NO4.C25H25N5O2.C24H21F4NO2.C22H22FNO3/c1-5-25(29)27(21-14-18(2)15-23(17-21)31-4)26(20-10-12-22(30-3)13-11-20)24(28)16-19-8-6-7-9-19;1-3-24(32)30(21-13-14-22(18(2)15-21)29-17-26-27-28-29)25(20-11-5-4-6-12-20)23(31)16-19-9-7-8-10-19;1-2-22(31)29(20-9-5-8-18(15-20)24(26,27)28)23(17-10-12-19(25)13-11-17)21(30)14-16-6-3-4-7-16;1-2-21(26)24(15-17-10-7-13-27-17)22(18-11-5-6-12-19(18)23)20(25)14-16-8-3-4-9-16/h1,10-15,17,19,26H,6-9,16H2,2-4H3;1,4-6,11-15,17,19,25H,7-10,16H2,2H3;1,5,8-13,15-16,23H,3-4,6-7,14H2;1,5-7,10-13,16,22H,3-4,8-9,14-15H2. The maximum Gasteiger partial charge on any atom is 0.416 e. The Morgan fingerprint density at radius 1 is 0.479 bits per heavy atom. The van der Waals surface area contributed by atoms with Crippen LogP contribution in [0.25, 0.3) is 5.69 Å². The zero-order valence-electron chi connectivity index (χ0n) is 68.1. The third kappa shape index (κ3) is 24.1. The number of aryl methyl sites for hydroxylation is 2. The number of rotatable bonds is 28. The predicted octanol–water partition coefficient (Wildman–Crippen LogP) is 18.7. The molecule has 24 heteroatoms. The van der Waals surface area contributed by atoms with Crippen LogP contribution >= 0.6 is 0 Å². The van der Waals surface area contributed by atoms with Gasteiger partial charge in [-0.3, -0.25) is 53.1 Å². The van der Waals surface area contributed by atoms with Crippen LogP contribution in [0.15, 0.2) is 193 Å². The number of ketones is 4. The molecule has 7 aromatic carbocycles. The van der Waals surface area contributed by atoms with Crippen molar-refractivity contribution in [3.63, 3.8) is 0 Å². The molecule has 4 saturated carbocycles. The fraction of sp³-hybridized carbons (Fsp3) is 0.351. The van der Waals surface area contributed by atoms with Crippen molar-refractivity contribution in [3.8, 4) is 66.6 Å². The minimum atomic E-state index is -4.64. The second-order valence-electron chi connectivity index (χ2n) is 30.7. The highest BCUT2D eigenvalue weighted by Gasteiger charge is 2.40. The molecule has 9 aromatic rings. The van der Waals surface area contributed by atoms with E-state index in [1.807, 2.05) is 86.5 Å². The number of carbonyl (C=O) groups excluding carboxylic acids is 8. The average Bonchev–Trinajstić information content (AvgIpc) is 1.61. The van der Waals surface area contributed by atoms with Gasteiger partial charge in [0, 0.05) is 54.4 Å². The number of terminal acetylenes is 4. The number of amides is 4. The molecule has 4 fully saturated rings. The third-order valence-electron chi connectivity index (χ3n) is 22.5. The summed E-state index contributed by atoms with van der Waals surface area (Å²) in [6, 6.07) is 42.0. The maximum atomic E-state index is 14.6. The Bertz CT molecular complexity index is 5220. The number of halogens is 5. The number of Topliss-reactive ketones (excluding diaryl/α,β-unsaturated/α-hetero) is 4. The molecular formula is C97H97F5N8O11. The first-order valence-corrected chi connectivity index (χ1v) is 40.5. The molecule has 0 saturated heterocycles. The summed E-state index contributed by atoms with van der Waals surface area (Å²) in [5.74, 6) is 6.95. The predicted molar refractivity (Wildman–Crippen MR) is 450 cm³/mol. The normalized spacial score (nSPS) is 14.9. The highest BCUT2D eigenvalue weighted by molar-refractivity contribution is 6.12. The van der Waals surface area contributed by atoms with Gasteiger partial charge in [0.05, 0.1) is 38.3 Å². The lowest BCUT2D eigenvalue weighted by atomic mass is 9.92. The molecule has 19 nitrogen and oxygen atoms in total. The van der Waals surface area contributed by atoms with Gasteiger partial charge in [0.15, 0.2) is 23.1 Å². The van der Waals surface area contributed by atoms with E-state index in [-0.39, 0.29) is 64.7 Å². The number of methoxy groups -OCH3 is 2. The van der Waals surface area contributed by atoms with E-state index in [0.717, 1.165) is 160 Å². The lowest BCUT2D eigenvalue weighted by Gasteiger charge is -2.31. The summed E-state index contributed by atoms with van der Waals surface area (Å²) in [4.78, 5) is 110. The van der Waals surface area contributed by atoms with Crippen LogP contribution in [-0.4, -0.2) is 86.1 Å². The number of tetrazole rings is 1. The summed E-state index contributed by atoms with van der Waals surface area (Å²) in [6.07, 6.45) is 38.1. The van der Waals surface area contributed by atoms with E-state index in [1.165, 1.54) is 57.6 Å². The van der Waals surface area contributed by atoms with Gasteiger partial charge in [-0.15, -0.1) is 30.8 Å². The van der Waals surface area contributed by atoms with Gasteiger partial charge in [0.25, 0.3) is 5.91 Å². The number of nitrogens with zero attached hydrogens (tertiary/aromatic N) is 8. The number of aromatic nitrogens is 4. The van der Waals surface area contributed by atoms with Crippen molar-refractivity contribution in [2.45, 2.75) is 179 Å². The lowest BCUT2D eigenvalue weighted by Crippen LogP contribution is -2.39. The summed E-state index contributed by atoms with van der Waals surface area (Å²) < 4.78 is 85.3. The summed E-state index contributed by atoms with van der Waals surface area (Å²) in [5.41, 5.74) is 4.42. The van der Waals surface area contributed by atoms with Gasteiger partial charge in [-0.2, -0.15) is 13.2 Å². The zero-order chi connectivity index (χ0) is 86.7. The monoisotopic (exact) mass is 1640 g/mol. The quantitative estimate of drug-likeness (QED) is 0.0328. The highest BCUT2D eigenvalue weighted by atomic mass is 19.4. The number of hydrogen-bond donors (Lipinski definition) is 0. The first kappa shape index (κ1) is 90.3. The average molecular weight is 1650 g/mol. The van der Waals surface area contributed by atoms with Crippen molar-refractivity contribution in [2.75, 3.05) is 28.9 Å². The number of carbonyl (C=O) groups is 8. The van der Waals surface area contributed by atoms with E-state index in [4.69, 9.17) is 39.6 Å². The largest absolute Gasteiger partial charge is 0.497 e. The van der Waals surface area contributed by atoms with Crippen LogP contribution in [0, 0.1) is 98.5 Å². The van der Waals surface area contributed by atoms with Crippen molar-refractivity contribution >= 4 is 63.8 Å². The van der Waals surface area contributed by atoms with Gasteiger partial charge < -0.3 is 18.8 Å². The Labute approximate surface area is 702 Å². The minimum Gasteiger partial charge on any atom is -0.497 e. The van der Waals surface area contributed by atoms with Crippen LogP contribution in [0.5, 0.6) is 11.5 Å².